The number of ether oxygens (including phenoxy) is 1. The summed E-state index contributed by atoms with van der Waals surface area (Å²) in [5.74, 6) is 0. The fourth-order valence-electron chi connectivity index (χ4n) is 0.972. The molecule has 1 heterocycles. The zero-order chi connectivity index (χ0) is 10.1. The number of alkyl carbamates (subject to hydrolysis) is 1. The van der Waals surface area contributed by atoms with Gasteiger partial charge in [0.2, 0.25) is 0 Å². The SMILES string of the molecule is CC(C)(C)OC(=O)N[C@H]1CN[C@H]1N.Cl. The third-order valence-electron chi connectivity index (χ3n) is 1.71. The number of hydrogen-bond donors (Lipinski definition) is 3. The van der Waals surface area contributed by atoms with E-state index >= 15 is 0 Å². The second-order valence-corrected chi connectivity index (χ2v) is 4.19. The zero-order valence-corrected chi connectivity index (χ0v) is 9.48. The molecule has 0 radical (unpaired) electrons. The smallest absolute Gasteiger partial charge is 0.408 e. The van der Waals surface area contributed by atoms with Gasteiger partial charge in [-0.05, 0) is 20.8 Å². The van der Waals surface area contributed by atoms with Crippen LogP contribution in [0.25, 0.3) is 0 Å². The van der Waals surface area contributed by atoms with E-state index in [1.54, 1.807) is 0 Å². The summed E-state index contributed by atoms with van der Waals surface area (Å²) in [5.41, 5.74) is 5.10. The molecule has 0 aliphatic carbocycles. The fraction of sp³-hybridized carbons (Fsp3) is 0.875. The standard InChI is InChI=1S/C8H17N3O2.ClH/c1-8(2,3)13-7(12)11-5-4-10-6(5)9;/h5-6,10H,4,9H2,1-3H3,(H,11,12);1H/t5-,6+;/m0./s1. The van der Waals surface area contributed by atoms with Crippen molar-refractivity contribution in [3.05, 3.63) is 0 Å². The van der Waals surface area contributed by atoms with Gasteiger partial charge >= 0.3 is 6.09 Å². The Morgan fingerprint density at radius 2 is 2.14 bits per heavy atom. The van der Waals surface area contributed by atoms with Gasteiger partial charge in [-0.3, -0.25) is 5.32 Å². The topological polar surface area (TPSA) is 76.4 Å². The quantitative estimate of drug-likeness (QED) is 0.593. The molecule has 0 saturated carbocycles. The van der Waals surface area contributed by atoms with Crippen molar-refractivity contribution in [2.24, 2.45) is 5.73 Å². The van der Waals surface area contributed by atoms with Gasteiger partial charge in [-0.15, -0.1) is 12.4 Å². The maximum Gasteiger partial charge on any atom is 0.408 e. The molecule has 0 unspecified atom stereocenters. The molecule has 0 aromatic carbocycles. The van der Waals surface area contributed by atoms with E-state index in [9.17, 15) is 4.79 Å². The summed E-state index contributed by atoms with van der Waals surface area (Å²) in [6, 6.07) is -0.00477. The van der Waals surface area contributed by atoms with E-state index in [2.05, 4.69) is 10.6 Å². The van der Waals surface area contributed by atoms with Crippen LogP contribution in [0.15, 0.2) is 0 Å². The molecule has 0 aromatic heterocycles. The summed E-state index contributed by atoms with van der Waals surface area (Å²) in [6.07, 6.45) is -0.554. The lowest BCUT2D eigenvalue weighted by Crippen LogP contribution is -2.69. The largest absolute Gasteiger partial charge is 0.444 e. The van der Waals surface area contributed by atoms with Gasteiger partial charge in [0.15, 0.2) is 0 Å². The minimum Gasteiger partial charge on any atom is -0.444 e. The lowest BCUT2D eigenvalue weighted by atomic mass is 10.1. The molecule has 1 aliphatic rings. The Bertz CT molecular complexity index is 205. The molecule has 0 aromatic rings. The molecule has 2 atom stereocenters. The first-order valence-corrected chi connectivity index (χ1v) is 4.37. The summed E-state index contributed by atoms with van der Waals surface area (Å²) in [5, 5.41) is 5.61. The maximum atomic E-state index is 11.2. The van der Waals surface area contributed by atoms with Crippen LogP contribution < -0.4 is 16.4 Å². The predicted octanol–water partition coefficient (Wildman–Crippen LogP) is 0.190. The first-order chi connectivity index (χ1) is 5.88. The summed E-state index contributed by atoms with van der Waals surface area (Å²) in [7, 11) is 0. The second kappa shape index (κ2) is 4.82. The molecule has 1 rings (SSSR count). The molecular formula is C8H18ClN3O2. The van der Waals surface area contributed by atoms with Crippen molar-refractivity contribution in [1.29, 1.82) is 0 Å². The summed E-state index contributed by atoms with van der Waals surface area (Å²) >= 11 is 0. The first-order valence-electron chi connectivity index (χ1n) is 4.37. The normalized spacial score (nSPS) is 25.7. The summed E-state index contributed by atoms with van der Waals surface area (Å²) in [4.78, 5) is 11.2. The van der Waals surface area contributed by atoms with Crippen molar-refractivity contribution in [3.8, 4) is 0 Å². The Morgan fingerprint density at radius 3 is 2.43 bits per heavy atom. The minimum absolute atomic E-state index is 0. The highest BCUT2D eigenvalue weighted by Gasteiger charge is 2.29. The molecule has 1 aliphatic heterocycles. The molecule has 5 nitrogen and oxygen atoms in total. The molecule has 0 bridgehead atoms. The van der Waals surface area contributed by atoms with Crippen LogP contribution in [0, 0.1) is 0 Å². The number of hydrogen-bond acceptors (Lipinski definition) is 4. The van der Waals surface area contributed by atoms with Crippen LogP contribution in [-0.4, -0.2) is 30.4 Å². The maximum absolute atomic E-state index is 11.2. The van der Waals surface area contributed by atoms with E-state index in [0.717, 1.165) is 0 Å². The van der Waals surface area contributed by atoms with Crippen molar-refractivity contribution in [1.82, 2.24) is 10.6 Å². The molecule has 1 fully saturated rings. The molecule has 6 heteroatoms. The van der Waals surface area contributed by atoms with Crippen LogP contribution in [0.4, 0.5) is 4.79 Å². The lowest BCUT2D eigenvalue weighted by molar-refractivity contribution is 0.0465. The second-order valence-electron chi connectivity index (χ2n) is 4.19. The van der Waals surface area contributed by atoms with Crippen LogP contribution in [0.1, 0.15) is 20.8 Å². The van der Waals surface area contributed by atoms with Crippen LogP contribution in [0.5, 0.6) is 0 Å². The van der Waals surface area contributed by atoms with Gasteiger partial charge in [0.1, 0.15) is 5.60 Å². The van der Waals surface area contributed by atoms with Crippen molar-refractivity contribution in [2.45, 2.75) is 38.6 Å². The average molecular weight is 224 g/mol. The lowest BCUT2D eigenvalue weighted by Gasteiger charge is -2.35. The number of rotatable bonds is 1. The van der Waals surface area contributed by atoms with Crippen LogP contribution in [0.2, 0.25) is 0 Å². The third-order valence-corrected chi connectivity index (χ3v) is 1.71. The molecule has 1 amide bonds. The van der Waals surface area contributed by atoms with E-state index in [-0.39, 0.29) is 24.6 Å². The Balaban J connectivity index is 0.00000169. The zero-order valence-electron chi connectivity index (χ0n) is 8.66. The third kappa shape index (κ3) is 4.13. The van der Waals surface area contributed by atoms with Crippen molar-refractivity contribution in [3.63, 3.8) is 0 Å². The first kappa shape index (κ1) is 13.5. The van der Waals surface area contributed by atoms with Crippen molar-refractivity contribution < 1.29 is 9.53 Å². The van der Waals surface area contributed by atoms with E-state index in [1.807, 2.05) is 20.8 Å². The van der Waals surface area contributed by atoms with Gasteiger partial charge in [0.05, 0.1) is 12.2 Å². The van der Waals surface area contributed by atoms with Crippen molar-refractivity contribution >= 4 is 18.5 Å². The molecule has 14 heavy (non-hydrogen) atoms. The van der Waals surface area contributed by atoms with Gasteiger partial charge in [-0.25, -0.2) is 4.79 Å². The van der Waals surface area contributed by atoms with Gasteiger partial charge in [-0.1, -0.05) is 0 Å². The molecular weight excluding hydrogens is 206 g/mol. The average Bonchev–Trinajstić information content (AvgIpc) is 1.94. The number of carbonyl (C=O) groups excluding carboxylic acids is 1. The van der Waals surface area contributed by atoms with E-state index in [1.165, 1.54) is 0 Å². The fourth-order valence-corrected chi connectivity index (χ4v) is 0.972. The Labute approximate surface area is 90.2 Å². The highest BCUT2D eigenvalue weighted by Crippen LogP contribution is 2.07. The number of nitrogens with one attached hydrogen (secondary N) is 2. The highest BCUT2D eigenvalue weighted by molar-refractivity contribution is 5.85. The number of nitrogens with two attached hydrogens (primary N) is 1. The minimum atomic E-state index is -0.453. The Kier molecular flexibility index (Phi) is 4.64. The van der Waals surface area contributed by atoms with Crippen LogP contribution in [0.3, 0.4) is 0 Å². The monoisotopic (exact) mass is 223 g/mol. The molecule has 4 N–H and O–H groups in total. The Hall–Kier alpha value is -0.520. The Morgan fingerprint density at radius 1 is 1.57 bits per heavy atom. The van der Waals surface area contributed by atoms with Gasteiger partial charge in [0, 0.05) is 6.54 Å². The van der Waals surface area contributed by atoms with Gasteiger partial charge < -0.3 is 15.8 Å². The molecule has 1 saturated heterocycles. The number of amides is 1. The van der Waals surface area contributed by atoms with Gasteiger partial charge in [0.25, 0.3) is 0 Å². The molecule has 84 valence electrons. The predicted molar refractivity (Wildman–Crippen MR) is 56.4 cm³/mol. The van der Waals surface area contributed by atoms with Crippen molar-refractivity contribution in [2.75, 3.05) is 6.54 Å². The molecule has 0 spiro atoms. The number of carbonyl (C=O) groups is 1. The van der Waals surface area contributed by atoms with E-state index in [4.69, 9.17) is 10.5 Å². The van der Waals surface area contributed by atoms with Crippen LogP contribution >= 0.6 is 12.4 Å². The van der Waals surface area contributed by atoms with E-state index < -0.39 is 11.7 Å². The highest BCUT2D eigenvalue weighted by atomic mass is 35.5. The summed E-state index contributed by atoms with van der Waals surface area (Å²) in [6.45, 7) is 6.18. The number of halogens is 1. The van der Waals surface area contributed by atoms with Crippen LogP contribution in [-0.2, 0) is 4.74 Å². The van der Waals surface area contributed by atoms with E-state index in [0.29, 0.717) is 6.54 Å². The van der Waals surface area contributed by atoms with Gasteiger partial charge in [-0.2, -0.15) is 0 Å². The summed E-state index contributed by atoms with van der Waals surface area (Å²) < 4.78 is 5.06.